The van der Waals surface area contributed by atoms with E-state index in [0.717, 1.165) is 5.69 Å². The molecule has 0 spiro atoms. The van der Waals surface area contributed by atoms with E-state index in [1.54, 1.807) is 6.92 Å². The highest BCUT2D eigenvalue weighted by Crippen LogP contribution is 2.25. The van der Waals surface area contributed by atoms with E-state index in [1.807, 2.05) is 30.3 Å². The molecule has 100 valence electrons. The van der Waals surface area contributed by atoms with Gasteiger partial charge in [-0.15, -0.1) is 0 Å². The van der Waals surface area contributed by atoms with Crippen LogP contribution in [0.2, 0.25) is 0 Å². The summed E-state index contributed by atoms with van der Waals surface area (Å²) in [4.78, 5) is 13.4. The summed E-state index contributed by atoms with van der Waals surface area (Å²) in [6.45, 7) is 11.7. The van der Waals surface area contributed by atoms with Gasteiger partial charge in [0, 0.05) is 11.3 Å². The van der Waals surface area contributed by atoms with Crippen molar-refractivity contribution in [3.8, 4) is 6.07 Å². The van der Waals surface area contributed by atoms with Gasteiger partial charge < -0.3 is 0 Å². The van der Waals surface area contributed by atoms with E-state index in [2.05, 4.69) is 27.4 Å². The molecule has 1 amide bonds. The maximum Gasteiger partial charge on any atom is 0.254 e. The van der Waals surface area contributed by atoms with Crippen molar-refractivity contribution in [2.75, 3.05) is 11.4 Å². The molecule has 0 heterocycles. The Morgan fingerprint density at radius 1 is 1.32 bits per heavy atom. The molecule has 0 radical (unpaired) electrons. The number of anilines is 1. The molecule has 19 heavy (non-hydrogen) atoms. The largest absolute Gasteiger partial charge is 0.295 e. The quantitative estimate of drug-likeness (QED) is 0.614. The molecule has 0 aliphatic rings. The van der Waals surface area contributed by atoms with E-state index < -0.39 is 0 Å². The van der Waals surface area contributed by atoms with Crippen LogP contribution >= 0.6 is 0 Å². The van der Waals surface area contributed by atoms with Gasteiger partial charge in [-0.25, -0.2) is 0 Å². The highest BCUT2D eigenvalue weighted by Gasteiger charge is 2.18. The molecule has 0 unspecified atom stereocenters. The molecule has 0 saturated heterocycles. The number of benzene rings is 1. The van der Waals surface area contributed by atoms with Gasteiger partial charge in [-0.05, 0) is 30.0 Å². The molecule has 0 aliphatic heterocycles. The number of hydrogen-bond acceptors (Lipinski definition) is 2. The van der Waals surface area contributed by atoms with E-state index in [-0.39, 0.29) is 17.9 Å². The van der Waals surface area contributed by atoms with Gasteiger partial charge in [-0.1, -0.05) is 39.5 Å². The van der Waals surface area contributed by atoms with Gasteiger partial charge in [0.15, 0.2) is 0 Å². The Hall–Kier alpha value is -2.08. The summed E-state index contributed by atoms with van der Waals surface area (Å²) in [5, 5.41) is 8.84. The van der Waals surface area contributed by atoms with Crippen LogP contribution in [-0.2, 0) is 10.2 Å². The van der Waals surface area contributed by atoms with E-state index in [0.29, 0.717) is 5.57 Å². The lowest BCUT2D eigenvalue weighted by Crippen LogP contribution is -2.31. The van der Waals surface area contributed by atoms with E-state index in [4.69, 9.17) is 5.26 Å². The van der Waals surface area contributed by atoms with Crippen LogP contribution < -0.4 is 4.90 Å². The maximum absolute atomic E-state index is 12.0. The number of nitriles is 1. The minimum absolute atomic E-state index is 0.0283. The molecule has 0 saturated carbocycles. The monoisotopic (exact) mass is 256 g/mol. The lowest BCUT2D eigenvalue weighted by Gasteiger charge is -2.23. The summed E-state index contributed by atoms with van der Waals surface area (Å²) < 4.78 is 0. The first-order valence-corrected chi connectivity index (χ1v) is 6.22. The molecule has 0 bridgehead atoms. The molecule has 0 aliphatic carbocycles. The zero-order valence-corrected chi connectivity index (χ0v) is 12.0. The van der Waals surface area contributed by atoms with Crippen molar-refractivity contribution in [2.24, 2.45) is 0 Å². The number of carbonyl (C=O) groups excluding carboxylic acids is 1. The first-order chi connectivity index (χ1) is 8.77. The second-order valence-electron chi connectivity index (χ2n) is 5.63. The maximum atomic E-state index is 12.0. The number of carbonyl (C=O) groups is 1. The van der Waals surface area contributed by atoms with Crippen molar-refractivity contribution >= 4 is 11.6 Å². The van der Waals surface area contributed by atoms with Gasteiger partial charge in [-0.2, -0.15) is 5.26 Å². The van der Waals surface area contributed by atoms with E-state index >= 15 is 0 Å². The number of rotatable bonds is 3. The molecule has 3 heteroatoms. The predicted molar refractivity (Wildman–Crippen MR) is 77.9 cm³/mol. The van der Waals surface area contributed by atoms with Crippen molar-refractivity contribution in [3.63, 3.8) is 0 Å². The molecule has 3 nitrogen and oxygen atoms in total. The second kappa shape index (κ2) is 5.71. The Kier molecular flexibility index (Phi) is 4.50. The van der Waals surface area contributed by atoms with Crippen molar-refractivity contribution < 1.29 is 4.79 Å². The third kappa shape index (κ3) is 3.69. The van der Waals surface area contributed by atoms with Crippen molar-refractivity contribution in [1.29, 1.82) is 5.26 Å². The fraction of sp³-hybridized carbons (Fsp3) is 0.375. The zero-order chi connectivity index (χ0) is 14.6. The van der Waals surface area contributed by atoms with Gasteiger partial charge in [-0.3, -0.25) is 9.69 Å². The molecule has 1 aromatic carbocycles. The van der Waals surface area contributed by atoms with Crippen molar-refractivity contribution in [2.45, 2.75) is 33.1 Å². The third-order valence-corrected chi connectivity index (χ3v) is 2.88. The molecular formula is C16H20N2O. The number of amides is 1. The summed E-state index contributed by atoms with van der Waals surface area (Å²) in [6, 6.07) is 9.74. The molecule has 0 atom stereocenters. The summed E-state index contributed by atoms with van der Waals surface area (Å²) >= 11 is 0. The van der Waals surface area contributed by atoms with Crippen LogP contribution in [0.1, 0.15) is 33.3 Å². The first kappa shape index (κ1) is 15.0. The lowest BCUT2D eigenvalue weighted by molar-refractivity contribution is -0.114. The summed E-state index contributed by atoms with van der Waals surface area (Å²) in [5.41, 5.74) is 2.41. The minimum Gasteiger partial charge on any atom is -0.295 e. The highest BCUT2D eigenvalue weighted by molar-refractivity contribution is 6.05. The Bertz CT molecular complexity index is 515. The third-order valence-electron chi connectivity index (χ3n) is 2.88. The Balaban J connectivity index is 3.09. The normalized spacial score (nSPS) is 10.7. The Morgan fingerprint density at radius 3 is 2.21 bits per heavy atom. The fourth-order valence-corrected chi connectivity index (χ4v) is 1.72. The van der Waals surface area contributed by atoms with Crippen molar-refractivity contribution in [3.05, 3.63) is 42.0 Å². The molecule has 0 N–H and O–H groups in total. The predicted octanol–water partition coefficient (Wildman–Crippen LogP) is 3.42. The minimum atomic E-state index is -0.218. The topological polar surface area (TPSA) is 44.1 Å². The highest BCUT2D eigenvalue weighted by atomic mass is 16.2. The van der Waals surface area contributed by atoms with Crippen LogP contribution in [0.5, 0.6) is 0 Å². The van der Waals surface area contributed by atoms with E-state index in [1.165, 1.54) is 10.5 Å². The fourth-order valence-electron chi connectivity index (χ4n) is 1.72. The summed E-state index contributed by atoms with van der Waals surface area (Å²) in [7, 11) is 0. The van der Waals surface area contributed by atoms with Crippen molar-refractivity contribution in [1.82, 2.24) is 0 Å². The van der Waals surface area contributed by atoms with Gasteiger partial charge in [0.1, 0.15) is 6.54 Å². The van der Waals surface area contributed by atoms with Gasteiger partial charge in [0.2, 0.25) is 0 Å². The number of nitrogens with zero attached hydrogens (tertiary/aromatic N) is 2. The summed E-state index contributed by atoms with van der Waals surface area (Å²) in [6.07, 6.45) is 0. The average molecular weight is 256 g/mol. The van der Waals surface area contributed by atoms with E-state index in [9.17, 15) is 4.79 Å². The van der Waals surface area contributed by atoms with Crippen LogP contribution in [0.25, 0.3) is 0 Å². The molecule has 1 rings (SSSR count). The summed E-state index contributed by atoms with van der Waals surface area (Å²) in [5.74, 6) is -0.218. The van der Waals surface area contributed by atoms with Gasteiger partial charge in [0.25, 0.3) is 5.91 Å². The van der Waals surface area contributed by atoms with Gasteiger partial charge >= 0.3 is 0 Å². The lowest BCUT2D eigenvalue weighted by atomic mass is 9.87. The smallest absolute Gasteiger partial charge is 0.254 e. The SMILES string of the molecule is C=C(C)C(=O)N(CC#N)c1ccc(C(C)(C)C)cc1. The first-order valence-electron chi connectivity index (χ1n) is 6.22. The van der Waals surface area contributed by atoms with Crippen LogP contribution in [-0.4, -0.2) is 12.5 Å². The van der Waals surface area contributed by atoms with Gasteiger partial charge in [0.05, 0.1) is 6.07 Å². The van der Waals surface area contributed by atoms with Crippen LogP contribution in [0.15, 0.2) is 36.4 Å². The van der Waals surface area contributed by atoms with Crippen LogP contribution in [0.3, 0.4) is 0 Å². The zero-order valence-electron chi connectivity index (χ0n) is 12.0. The Labute approximate surface area is 115 Å². The second-order valence-corrected chi connectivity index (χ2v) is 5.63. The standard InChI is InChI=1S/C16H20N2O/c1-12(2)15(19)18(11-10-17)14-8-6-13(7-9-14)16(3,4)5/h6-9H,1,11H2,2-5H3. The van der Waals surface area contributed by atoms with Crippen LogP contribution in [0.4, 0.5) is 5.69 Å². The number of hydrogen-bond donors (Lipinski definition) is 0. The molecule has 0 aromatic heterocycles. The molecular weight excluding hydrogens is 236 g/mol. The average Bonchev–Trinajstić information content (AvgIpc) is 2.34. The Morgan fingerprint density at radius 2 is 1.84 bits per heavy atom. The molecule has 0 fully saturated rings. The molecule has 1 aromatic rings. The van der Waals surface area contributed by atoms with Crippen LogP contribution in [0, 0.1) is 11.3 Å².